The van der Waals surface area contributed by atoms with E-state index in [-0.39, 0.29) is 0 Å². The standard InChI is InChI=1S/C50H82/c1-13-42(4)24-15-26-44(6)28-17-30-46(8)32-19-34-48(10)36-21-38-50(12)40-22-39-49(11)37-20-35-47(9)33-18-31-45(7)29-16-27-43(5)25-14-23-41(2)3/h13,23,26-27,30-31,34-35,38-39H,14-22,24-25,28-29,32-33,36-37,40H2,1-12H3/b42-13-,43-27+,44-26-,45-31-,46-30-,47-35-,48-34-,49-39-,50-38-. The van der Waals surface area contributed by atoms with Gasteiger partial charge in [-0.05, 0) is 199 Å². The van der Waals surface area contributed by atoms with Crippen LogP contribution >= 0.6 is 0 Å². The van der Waals surface area contributed by atoms with E-state index in [0.717, 1.165) is 19.3 Å². The van der Waals surface area contributed by atoms with Crippen molar-refractivity contribution in [2.45, 2.75) is 199 Å². The summed E-state index contributed by atoms with van der Waals surface area (Å²) in [4.78, 5) is 0. The molecule has 0 nitrogen and oxygen atoms in total. The van der Waals surface area contributed by atoms with E-state index < -0.39 is 0 Å². The van der Waals surface area contributed by atoms with Crippen LogP contribution in [-0.4, -0.2) is 0 Å². The van der Waals surface area contributed by atoms with Gasteiger partial charge in [0.1, 0.15) is 0 Å². The Morgan fingerprint density at radius 1 is 0.240 bits per heavy atom. The zero-order valence-corrected chi connectivity index (χ0v) is 35.5. The second kappa shape index (κ2) is 31.2. The predicted molar refractivity (Wildman–Crippen MR) is 232 cm³/mol. The lowest BCUT2D eigenvalue weighted by molar-refractivity contribution is 0.879. The normalized spacial score (nSPS) is 14.9. The average Bonchev–Trinajstić information content (AvgIpc) is 3.04. The molecule has 0 saturated carbocycles. The van der Waals surface area contributed by atoms with Gasteiger partial charge < -0.3 is 0 Å². The molecule has 0 heterocycles. The number of rotatable bonds is 27. The van der Waals surface area contributed by atoms with Crippen LogP contribution in [0.15, 0.2) is 116 Å². The number of hydrogen-bond acceptors (Lipinski definition) is 0. The summed E-state index contributed by atoms with van der Waals surface area (Å²) in [6.07, 6.45) is 45.4. The highest BCUT2D eigenvalue weighted by molar-refractivity contribution is 5.11. The van der Waals surface area contributed by atoms with Gasteiger partial charge in [-0.1, -0.05) is 116 Å². The van der Waals surface area contributed by atoms with E-state index in [9.17, 15) is 0 Å². The third kappa shape index (κ3) is 31.4. The maximum atomic E-state index is 2.47. The molecule has 0 rings (SSSR count). The molecule has 0 atom stereocenters. The van der Waals surface area contributed by atoms with Gasteiger partial charge in [0.05, 0.1) is 0 Å². The predicted octanol–water partition coefficient (Wildman–Crippen LogP) is 17.5. The minimum Gasteiger partial charge on any atom is -0.0887 e. The first-order valence-corrected chi connectivity index (χ1v) is 20.3. The van der Waals surface area contributed by atoms with Crippen LogP contribution in [0.5, 0.6) is 0 Å². The quantitative estimate of drug-likeness (QED) is 0.0757. The maximum Gasteiger partial charge on any atom is -0.0288 e. The van der Waals surface area contributed by atoms with Crippen molar-refractivity contribution in [3.05, 3.63) is 116 Å². The minimum absolute atomic E-state index is 1.16. The van der Waals surface area contributed by atoms with Gasteiger partial charge >= 0.3 is 0 Å². The fourth-order valence-corrected chi connectivity index (χ4v) is 5.92. The zero-order valence-electron chi connectivity index (χ0n) is 35.5. The van der Waals surface area contributed by atoms with Crippen molar-refractivity contribution < 1.29 is 0 Å². The van der Waals surface area contributed by atoms with E-state index >= 15 is 0 Å². The Bertz CT molecular complexity index is 1230. The van der Waals surface area contributed by atoms with Gasteiger partial charge in [0.15, 0.2) is 0 Å². The molecule has 0 aliphatic rings. The molecule has 0 aromatic heterocycles. The lowest BCUT2D eigenvalue weighted by Crippen LogP contribution is -1.84. The molecule has 0 saturated heterocycles. The van der Waals surface area contributed by atoms with Crippen molar-refractivity contribution in [1.82, 2.24) is 0 Å². The van der Waals surface area contributed by atoms with E-state index in [4.69, 9.17) is 0 Å². The molecule has 0 N–H and O–H groups in total. The Kier molecular flexibility index (Phi) is 29.5. The lowest BCUT2D eigenvalue weighted by atomic mass is 10.0. The highest BCUT2D eigenvalue weighted by Crippen LogP contribution is 2.18. The van der Waals surface area contributed by atoms with Gasteiger partial charge in [0.2, 0.25) is 0 Å². The summed E-state index contributed by atoms with van der Waals surface area (Å²) >= 11 is 0. The van der Waals surface area contributed by atoms with Gasteiger partial charge in [-0.2, -0.15) is 0 Å². The minimum atomic E-state index is 1.16. The van der Waals surface area contributed by atoms with Crippen molar-refractivity contribution in [3.63, 3.8) is 0 Å². The molecular formula is C50H82. The van der Waals surface area contributed by atoms with E-state index in [1.807, 2.05) is 0 Å². The van der Waals surface area contributed by atoms with Gasteiger partial charge in [0.25, 0.3) is 0 Å². The first-order chi connectivity index (χ1) is 23.8. The van der Waals surface area contributed by atoms with E-state index in [1.54, 1.807) is 0 Å². The second-order valence-electron chi connectivity index (χ2n) is 15.7. The van der Waals surface area contributed by atoms with Crippen LogP contribution in [0, 0.1) is 0 Å². The third-order valence-electron chi connectivity index (χ3n) is 9.84. The van der Waals surface area contributed by atoms with Gasteiger partial charge in [-0.15, -0.1) is 0 Å². The van der Waals surface area contributed by atoms with Crippen LogP contribution in [0.4, 0.5) is 0 Å². The summed E-state index contributed by atoms with van der Waals surface area (Å²) in [5, 5.41) is 0. The Morgan fingerprint density at radius 2 is 0.400 bits per heavy atom. The Morgan fingerprint density at radius 3 is 0.560 bits per heavy atom. The molecule has 0 bridgehead atoms. The fraction of sp³-hybridized carbons (Fsp3) is 0.600. The summed E-state index contributed by atoms with van der Waals surface area (Å²) in [6, 6.07) is 0. The van der Waals surface area contributed by atoms with Crippen LogP contribution in [0.25, 0.3) is 0 Å². The van der Waals surface area contributed by atoms with Crippen molar-refractivity contribution in [3.8, 4) is 0 Å². The van der Waals surface area contributed by atoms with Crippen molar-refractivity contribution in [1.29, 1.82) is 0 Å². The summed E-state index contributed by atoms with van der Waals surface area (Å²) in [5.41, 5.74) is 15.2. The average molecular weight is 683 g/mol. The second-order valence-corrected chi connectivity index (χ2v) is 15.7. The summed E-state index contributed by atoms with van der Waals surface area (Å²) in [6.45, 7) is 27.1. The van der Waals surface area contributed by atoms with Crippen LogP contribution in [0.3, 0.4) is 0 Å². The molecule has 0 fully saturated rings. The van der Waals surface area contributed by atoms with Gasteiger partial charge in [-0.25, -0.2) is 0 Å². The Hall–Kier alpha value is -2.60. The monoisotopic (exact) mass is 683 g/mol. The maximum absolute atomic E-state index is 2.47. The first-order valence-electron chi connectivity index (χ1n) is 20.3. The highest BCUT2D eigenvalue weighted by Gasteiger charge is 1.97. The van der Waals surface area contributed by atoms with Crippen molar-refractivity contribution in [2.75, 3.05) is 0 Å². The molecule has 0 aromatic rings. The molecule has 0 aromatic carbocycles. The molecule has 0 aliphatic heterocycles. The van der Waals surface area contributed by atoms with E-state index in [0.29, 0.717) is 0 Å². The van der Waals surface area contributed by atoms with Crippen LogP contribution in [0.1, 0.15) is 199 Å². The zero-order chi connectivity index (χ0) is 37.6. The molecule has 282 valence electrons. The number of hydrogen-bond donors (Lipinski definition) is 0. The van der Waals surface area contributed by atoms with Gasteiger partial charge in [-0.3, -0.25) is 0 Å². The smallest absolute Gasteiger partial charge is 0.0288 e. The molecule has 0 spiro atoms. The largest absolute Gasteiger partial charge is 0.0887 e. The van der Waals surface area contributed by atoms with Crippen LogP contribution < -0.4 is 0 Å². The fourth-order valence-electron chi connectivity index (χ4n) is 5.92. The SMILES string of the molecule is C/C=C(/C)CC/C=C(/C)CC/C=C(/C)CC/C=C(/C)CC/C=C(/C)CC/C=C(/C)CC/C=C(/C)CC/C=C(/C)CC/C=C(\C)CCC=C(C)C. The first kappa shape index (κ1) is 47.4. The third-order valence-corrected chi connectivity index (χ3v) is 9.84. The molecule has 0 heteroatoms. The summed E-state index contributed by atoms with van der Waals surface area (Å²) < 4.78 is 0. The Labute approximate surface area is 314 Å². The van der Waals surface area contributed by atoms with E-state index in [2.05, 4.69) is 144 Å². The molecule has 0 aliphatic carbocycles. The topological polar surface area (TPSA) is 0 Å². The molecule has 0 radical (unpaired) electrons. The lowest BCUT2D eigenvalue weighted by Gasteiger charge is -2.04. The molecular weight excluding hydrogens is 601 g/mol. The Balaban J connectivity index is 4.23. The molecule has 0 amide bonds. The summed E-state index contributed by atoms with van der Waals surface area (Å²) in [5.74, 6) is 0. The van der Waals surface area contributed by atoms with Crippen LogP contribution in [-0.2, 0) is 0 Å². The molecule has 50 heavy (non-hydrogen) atoms. The van der Waals surface area contributed by atoms with Crippen molar-refractivity contribution >= 4 is 0 Å². The molecule has 0 unspecified atom stereocenters. The van der Waals surface area contributed by atoms with E-state index in [1.165, 1.54) is 152 Å². The van der Waals surface area contributed by atoms with Gasteiger partial charge in [0, 0.05) is 0 Å². The highest BCUT2D eigenvalue weighted by atomic mass is 14.0. The van der Waals surface area contributed by atoms with Crippen molar-refractivity contribution in [2.24, 2.45) is 0 Å². The number of allylic oxidation sites excluding steroid dienone is 20. The summed E-state index contributed by atoms with van der Waals surface area (Å²) in [7, 11) is 0. The van der Waals surface area contributed by atoms with Crippen LogP contribution in [0.2, 0.25) is 0 Å².